The summed E-state index contributed by atoms with van der Waals surface area (Å²) in [5, 5.41) is 2.16. The first-order valence-electron chi connectivity index (χ1n) is 10.1. The van der Waals surface area contributed by atoms with Crippen molar-refractivity contribution in [1.29, 1.82) is 0 Å². The number of likely N-dealkylation sites (tertiary alicyclic amines) is 2. The van der Waals surface area contributed by atoms with Gasteiger partial charge in [0.15, 0.2) is 0 Å². The standard InChI is InChI=1S/C19H32F3N3O3/c1-4-28-17(27)25-10-5-6-15(9-13-25)24-11-7-14(8-12-24)16(26)23-18(2,3)19(20,21)22/h14-15H,4-13H2,1-3H3,(H,23,26). The van der Waals surface area contributed by atoms with Crippen molar-refractivity contribution in [3.8, 4) is 0 Å². The SMILES string of the molecule is CCOC(=O)N1CCCC(N2CCC(C(=O)NC(C)(C)C(F)(F)F)CC2)CC1. The molecular weight excluding hydrogens is 375 g/mol. The molecule has 2 saturated heterocycles. The van der Waals surface area contributed by atoms with E-state index in [0.29, 0.717) is 51.7 Å². The van der Waals surface area contributed by atoms with Gasteiger partial charge in [-0.05, 0) is 66.0 Å². The van der Waals surface area contributed by atoms with E-state index in [1.54, 1.807) is 11.8 Å². The molecule has 0 aliphatic carbocycles. The number of alkyl halides is 3. The number of carbonyl (C=O) groups is 2. The highest BCUT2D eigenvalue weighted by molar-refractivity contribution is 5.79. The molecule has 2 rings (SSSR count). The van der Waals surface area contributed by atoms with Crippen LogP contribution in [0.2, 0.25) is 0 Å². The first kappa shape index (κ1) is 22.8. The van der Waals surface area contributed by atoms with Crippen LogP contribution in [0.25, 0.3) is 0 Å². The summed E-state index contributed by atoms with van der Waals surface area (Å²) in [5.74, 6) is -0.906. The van der Waals surface area contributed by atoms with Crippen LogP contribution in [0.15, 0.2) is 0 Å². The van der Waals surface area contributed by atoms with Gasteiger partial charge in [-0.2, -0.15) is 13.2 Å². The molecule has 2 aliphatic rings. The molecule has 0 aromatic carbocycles. The molecule has 0 aromatic heterocycles. The Morgan fingerprint density at radius 1 is 1.04 bits per heavy atom. The third kappa shape index (κ3) is 5.75. The summed E-state index contributed by atoms with van der Waals surface area (Å²) < 4.78 is 44.0. The van der Waals surface area contributed by atoms with Gasteiger partial charge in [-0.1, -0.05) is 0 Å². The van der Waals surface area contributed by atoms with Gasteiger partial charge in [0.05, 0.1) is 6.61 Å². The minimum Gasteiger partial charge on any atom is -0.450 e. The Labute approximate surface area is 164 Å². The van der Waals surface area contributed by atoms with Gasteiger partial charge < -0.3 is 19.9 Å². The zero-order valence-corrected chi connectivity index (χ0v) is 17.0. The molecule has 0 bridgehead atoms. The lowest BCUT2D eigenvalue weighted by Crippen LogP contribution is -2.56. The highest BCUT2D eigenvalue weighted by atomic mass is 19.4. The molecule has 0 saturated carbocycles. The molecule has 0 radical (unpaired) electrons. The van der Waals surface area contributed by atoms with Crippen LogP contribution >= 0.6 is 0 Å². The molecule has 1 unspecified atom stereocenters. The lowest BCUT2D eigenvalue weighted by Gasteiger charge is -2.38. The molecule has 2 amide bonds. The van der Waals surface area contributed by atoms with E-state index in [4.69, 9.17) is 4.74 Å². The van der Waals surface area contributed by atoms with Crippen molar-refractivity contribution in [2.75, 3.05) is 32.8 Å². The lowest BCUT2D eigenvalue weighted by atomic mass is 9.92. The Morgan fingerprint density at radius 2 is 1.68 bits per heavy atom. The van der Waals surface area contributed by atoms with Gasteiger partial charge in [0.25, 0.3) is 0 Å². The van der Waals surface area contributed by atoms with Crippen LogP contribution in [0.3, 0.4) is 0 Å². The number of ether oxygens (including phenoxy) is 1. The third-order valence-electron chi connectivity index (χ3n) is 5.78. The molecule has 9 heteroatoms. The number of halogens is 3. The average molecular weight is 407 g/mol. The second-order valence-electron chi connectivity index (χ2n) is 8.19. The van der Waals surface area contributed by atoms with Crippen molar-refractivity contribution in [2.45, 2.75) is 70.6 Å². The number of piperidine rings is 1. The van der Waals surface area contributed by atoms with Crippen LogP contribution in [-0.4, -0.2) is 72.3 Å². The monoisotopic (exact) mass is 407 g/mol. The highest BCUT2D eigenvalue weighted by Crippen LogP contribution is 2.31. The fourth-order valence-electron chi connectivity index (χ4n) is 3.85. The van der Waals surface area contributed by atoms with Gasteiger partial charge in [-0.3, -0.25) is 4.79 Å². The first-order valence-corrected chi connectivity index (χ1v) is 10.1. The predicted molar refractivity (Wildman–Crippen MR) is 98.8 cm³/mol. The quantitative estimate of drug-likeness (QED) is 0.778. The number of nitrogens with zero attached hydrogens (tertiary/aromatic N) is 2. The molecule has 0 aromatic rings. The Kier molecular flexibility index (Phi) is 7.59. The normalized spacial score (nSPS) is 23.2. The van der Waals surface area contributed by atoms with Gasteiger partial charge in [-0.15, -0.1) is 0 Å². The van der Waals surface area contributed by atoms with Crippen LogP contribution in [0.1, 0.15) is 52.9 Å². The second kappa shape index (κ2) is 9.33. The Bertz CT molecular complexity index is 546. The number of carbonyl (C=O) groups excluding carboxylic acids is 2. The Hall–Kier alpha value is -1.51. The summed E-state index contributed by atoms with van der Waals surface area (Å²) in [5.41, 5.74) is -2.22. The fourth-order valence-corrected chi connectivity index (χ4v) is 3.85. The molecule has 1 N–H and O–H groups in total. The van der Waals surface area contributed by atoms with Crippen LogP contribution in [0.4, 0.5) is 18.0 Å². The molecule has 2 heterocycles. The Morgan fingerprint density at radius 3 is 2.25 bits per heavy atom. The van der Waals surface area contributed by atoms with Gasteiger partial charge >= 0.3 is 12.3 Å². The molecule has 28 heavy (non-hydrogen) atoms. The second-order valence-corrected chi connectivity index (χ2v) is 8.19. The van der Waals surface area contributed by atoms with Crippen molar-refractivity contribution < 1.29 is 27.5 Å². The minimum absolute atomic E-state index is 0.272. The molecule has 2 fully saturated rings. The maximum absolute atomic E-state index is 13.0. The smallest absolute Gasteiger partial charge is 0.410 e. The van der Waals surface area contributed by atoms with E-state index in [-0.39, 0.29) is 12.0 Å². The lowest BCUT2D eigenvalue weighted by molar-refractivity contribution is -0.189. The number of hydrogen-bond donors (Lipinski definition) is 1. The topological polar surface area (TPSA) is 61.9 Å². The summed E-state index contributed by atoms with van der Waals surface area (Å²) in [6.45, 7) is 6.82. The highest BCUT2D eigenvalue weighted by Gasteiger charge is 2.49. The van der Waals surface area contributed by atoms with Crippen LogP contribution in [0.5, 0.6) is 0 Å². The number of amides is 2. The molecule has 1 atom stereocenters. The summed E-state index contributed by atoms with van der Waals surface area (Å²) in [4.78, 5) is 28.2. The predicted octanol–water partition coefficient (Wildman–Crippen LogP) is 3.17. The van der Waals surface area contributed by atoms with Crippen molar-refractivity contribution in [3.05, 3.63) is 0 Å². The summed E-state index contributed by atoms with van der Waals surface area (Å²) >= 11 is 0. The largest absolute Gasteiger partial charge is 0.450 e. The van der Waals surface area contributed by atoms with E-state index >= 15 is 0 Å². The van der Waals surface area contributed by atoms with Crippen molar-refractivity contribution in [1.82, 2.24) is 15.1 Å². The maximum atomic E-state index is 13.0. The van der Waals surface area contributed by atoms with E-state index in [0.717, 1.165) is 33.1 Å². The van der Waals surface area contributed by atoms with E-state index in [9.17, 15) is 22.8 Å². The fraction of sp³-hybridized carbons (Fsp3) is 0.895. The summed E-state index contributed by atoms with van der Waals surface area (Å²) in [6.07, 6.45) is -0.941. The molecule has 6 nitrogen and oxygen atoms in total. The van der Waals surface area contributed by atoms with E-state index < -0.39 is 17.6 Å². The van der Waals surface area contributed by atoms with E-state index in [2.05, 4.69) is 10.2 Å². The molecule has 2 aliphatic heterocycles. The number of hydrogen-bond acceptors (Lipinski definition) is 4. The van der Waals surface area contributed by atoms with Crippen LogP contribution in [0, 0.1) is 5.92 Å². The van der Waals surface area contributed by atoms with Crippen molar-refractivity contribution in [3.63, 3.8) is 0 Å². The maximum Gasteiger partial charge on any atom is 0.410 e. The van der Waals surface area contributed by atoms with Crippen molar-refractivity contribution in [2.24, 2.45) is 5.92 Å². The summed E-state index contributed by atoms with van der Waals surface area (Å²) in [6, 6.07) is 0.329. The number of nitrogens with one attached hydrogen (secondary N) is 1. The van der Waals surface area contributed by atoms with Crippen LogP contribution in [-0.2, 0) is 9.53 Å². The molecule has 162 valence electrons. The Balaban J connectivity index is 1.82. The van der Waals surface area contributed by atoms with Crippen LogP contribution < -0.4 is 5.32 Å². The third-order valence-corrected chi connectivity index (χ3v) is 5.78. The van der Waals surface area contributed by atoms with Gasteiger partial charge in [-0.25, -0.2) is 4.79 Å². The van der Waals surface area contributed by atoms with Gasteiger partial charge in [0, 0.05) is 25.0 Å². The zero-order valence-electron chi connectivity index (χ0n) is 17.0. The first-order chi connectivity index (χ1) is 13.0. The van der Waals surface area contributed by atoms with Gasteiger partial charge in [0.1, 0.15) is 5.54 Å². The molecule has 0 spiro atoms. The average Bonchev–Trinajstić information content (AvgIpc) is 2.87. The van der Waals surface area contributed by atoms with Crippen molar-refractivity contribution >= 4 is 12.0 Å². The summed E-state index contributed by atoms with van der Waals surface area (Å²) in [7, 11) is 0. The van der Waals surface area contributed by atoms with E-state index in [1.807, 2.05) is 0 Å². The molecular formula is C19H32F3N3O3. The zero-order chi connectivity index (χ0) is 20.9. The minimum atomic E-state index is -4.48. The van der Waals surface area contributed by atoms with Gasteiger partial charge in [0.2, 0.25) is 5.91 Å². The van der Waals surface area contributed by atoms with E-state index in [1.165, 1.54) is 0 Å². The number of rotatable bonds is 4.